The van der Waals surface area contributed by atoms with E-state index in [4.69, 9.17) is 0 Å². The zero-order valence-corrected chi connectivity index (χ0v) is 14.2. The molecule has 0 bridgehead atoms. The fourth-order valence-corrected chi connectivity index (χ4v) is 2.86. The lowest BCUT2D eigenvalue weighted by Gasteiger charge is -2.08. The average molecular weight is 367 g/mol. The summed E-state index contributed by atoms with van der Waals surface area (Å²) in [6.45, 7) is 0. The maximum Gasteiger partial charge on any atom is 0.271 e. The van der Waals surface area contributed by atoms with Crippen LogP contribution in [0.25, 0.3) is 0 Å². The maximum atomic E-state index is 12.4. The summed E-state index contributed by atoms with van der Waals surface area (Å²) < 4.78 is 0. The highest BCUT2D eigenvalue weighted by Gasteiger charge is 2.12. The van der Waals surface area contributed by atoms with Gasteiger partial charge in [0, 0.05) is 29.1 Å². The number of benzene rings is 2. The molecular formula is C18H13N3O4S. The van der Waals surface area contributed by atoms with E-state index < -0.39 is 10.8 Å². The minimum atomic E-state index is -0.531. The standard InChI is InChI=1S/C18H13N3O4S/c22-17(19-14-6-2-7-15(11-14)21(24)25)12-4-1-5-13(10-12)20-18(23)16-8-3-9-26-16/h1-11H,(H,19,22)(H,20,23). The predicted octanol–water partition coefficient (Wildman–Crippen LogP) is 4.16. The van der Waals surface area contributed by atoms with E-state index in [-0.39, 0.29) is 11.6 Å². The molecule has 26 heavy (non-hydrogen) atoms. The number of nitro benzene ring substituents is 1. The van der Waals surface area contributed by atoms with Crippen LogP contribution >= 0.6 is 11.3 Å². The highest BCUT2D eigenvalue weighted by molar-refractivity contribution is 7.12. The number of amides is 2. The van der Waals surface area contributed by atoms with Crippen LogP contribution in [0.2, 0.25) is 0 Å². The monoisotopic (exact) mass is 367 g/mol. The lowest BCUT2D eigenvalue weighted by atomic mass is 10.1. The van der Waals surface area contributed by atoms with Gasteiger partial charge in [-0.25, -0.2) is 0 Å². The van der Waals surface area contributed by atoms with E-state index in [0.29, 0.717) is 21.8 Å². The van der Waals surface area contributed by atoms with Gasteiger partial charge in [-0.3, -0.25) is 19.7 Å². The zero-order valence-electron chi connectivity index (χ0n) is 13.3. The van der Waals surface area contributed by atoms with Crippen LogP contribution in [0.5, 0.6) is 0 Å². The van der Waals surface area contributed by atoms with Crippen molar-refractivity contribution in [1.82, 2.24) is 0 Å². The molecule has 2 aromatic carbocycles. The van der Waals surface area contributed by atoms with Crippen molar-refractivity contribution in [1.29, 1.82) is 0 Å². The molecule has 0 aliphatic carbocycles. The van der Waals surface area contributed by atoms with E-state index in [1.165, 1.54) is 35.6 Å². The first-order valence-corrected chi connectivity index (χ1v) is 8.41. The molecule has 0 saturated carbocycles. The van der Waals surface area contributed by atoms with Crippen LogP contribution in [0.15, 0.2) is 66.0 Å². The van der Waals surface area contributed by atoms with Gasteiger partial charge >= 0.3 is 0 Å². The molecule has 0 unspecified atom stereocenters. The molecule has 0 saturated heterocycles. The summed E-state index contributed by atoms with van der Waals surface area (Å²) in [6.07, 6.45) is 0. The largest absolute Gasteiger partial charge is 0.322 e. The highest BCUT2D eigenvalue weighted by Crippen LogP contribution is 2.19. The van der Waals surface area contributed by atoms with Crippen molar-refractivity contribution < 1.29 is 14.5 Å². The van der Waals surface area contributed by atoms with Crippen LogP contribution < -0.4 is 10.6 Å². The predicted molar refractivity (Wildman–Crippen MR) is 99.8 cm³/mol. The first-order chi connectivity index (χ1) is 12.5. The SMILES string of the molecule is O=C(Nc1cccc([N+](=O)[O-])c1)c1cccc(NC(=O)c2cccs2)c1. The number of carbonyl (C=O) groups is 2. The van der Waals surface area contributed by atoms with Crippen molar-refractivity contribution in [2.45, 2.75) is 0 Å². The van der Waals surface area contributed by atoms with Gasteiger partial charge in [0.15, 0.2) is 0 Å². The Hall–Kier alpha value is -3.52. The van der Waals surface area contributed by atoms with E-state index in [1.54, 1.807) is 41.8 Å². The molecule has 1 aromatic heterocycles. The van der Waals surface area contributed by atoms with E-state index in [9.17, 15) is 19.7 Å². The van der Waals surface area contributed by atoms with E-state index in [0.717, 1.165) is 0 Å². The van der Waals surface area contributed by atoms with Gasteiger partial charge < -0.3 is 10.6 Å². The topological polar surface area (TPSA) is 101 Å². The molecule has 0 atom stereocenters. The average Bonchev–Trinajstić information content (AvgIpc) is 3.17. The maximum absolute atomic E-state index is 12.4. The number of nitro groups is 1. The summed E-state index contributed by atoms with van der Waals surface area (Å²) >= 11 is 1.32. The van der Waals surface area contributed by atoms with Crippen molar-refractivity contribution in [3.8, 4) is 0 Å². The zero-order chi connectivity index (χ0) is 18.5. The second kappa shape index (κ2) is 7.58. The minimum Gasteiger partial charge on any atom is -0.322 e. The molecule has 0 aliphatic heterocycles. The second-order valence-corrected chi connectivity index (χ2v) is 6.22. The number of carbonyl (C=O) groups excluding carboxylic acids is 2. The van der Waals surface area contributed by atoms with Crippen molar-refractivity contribution in [3.63, 3.8) is 0 Å². The Kier molecular flexibility index (Phi) is 5.04. The van der Waals surface area contributed by atoms with Gasteiger partial charge in [-0.15, -0.1) is 11.3 Å². The molecule has 2 amide bonds. The van der Waals surface area contributed by atoms with Crippen LogP contribution in [0.1, 0.15) is 20.0 Å². The Labute approximate surface area is 152 Å². The molecule has 3 aromatic rings. The van der Waals surface area contributed by atoms with E-state index in [2.05, 4.69) is 10.6 Å². The van der Waals surface area contributed by atoms with Gasteiger partial charge in [0.05, 0.1) is 9.80 Å². The summed E-state index contributed by atoms with van der Waals surface area (Å²) in [4.78, 5) is 35.3. The smallest absolute Gasteiger partial charge is 0.271 e. The number of hydrogen-bond donors (Lipinski definition) is 2. The number of anilines is 2. The summed E-state index contributed by atoms with van der Waals surface area (Å²) in [5.74, 6) is -0.686. The third-order valence-electron chi connectivity index (χ3n) is 3.44. The van der Waals surface area contributed by atoms with Gasteiger partial charge in [-0.1, -0.05) is 18.2 Å². The van der Waals surface area contributed by atoms with Crippen LogP contribution in [-0.4, -0.2) is 16.7 Å². The molecule has 3 rings (SSSR count). The number of thiophene rings is 1. The van der Waals surface area contributed by atoms with Crippen LogP contribution in [0.4, 0.5) is 17.1 Å². The molecule has 0 fully saturated rings. The summed E-state index contributed by atoms with van der Waals surface area (Å²) in [7, 11) is 0. The lowest BCUT2D eigenvalue weighted by molar-refractivity contribution is -0.384. The molecular weight excluding hydrogens is 354 g/mol. The number of nitrogens with one attached hydrogen (secondary N) is 2. The number of hydrogen-bond acceptors (Lipinski definition) is 5. The van der Waals surface area contributed by atoms with E-state index in [1.807, 2.05) is 0 Å². The van der Waals surface area contributed by atoms with Gasteiger partial charge in [-0.05, 0) is 35.7 Å². The number of rotatable bonds is 5. The fourth-order valence-electron chi connectivity index (χ4n) is 2.24. The molecule has 0 radical (unpaired) electrons. The summed E-state index contributed by atoms with van der Waals surface area (Å²) in [5.41, 5.74) is 1.01. The Morgan fingerprint density at radius 2 is 1.58 bits per heavy atom. The van der Waals surface area contributed by atoms with Crippen LogP contribution in [-0.2, 0) is 0 Å². The normalized spacial score (nSPS) is 10.2. The van der Waals surface area contributed by atoms with E-state index >= 15 is 0 Å². The molecule has 0 spiro atoms. The van der Waals surface area contributed by atoms with Crippen molar-refractivity contribution >= 4 is 40.2 Å². The first-order valence-electron chi connectivity index (χ1n) is 7.53. The van der Waals surface area contributed by atoms with Crippen molar-refractivity contribution in [3.05, 3.63) is 86.6 Å². The Balaban J connectivity index is 1.73. The first kappa shape index (κ1) is 17.3. The highest BCUT2D eigenvalue weighted by atomic mass is 32.1. The molecule has 8 heteroatoms. The lowest BCUT2D eigenvalue weighted by Crippen LogP contribution is -2.14. The van der Waals surface area contributed by atoms with Crippen molar-refractivity contribution in [2.75, 3.05) is 10.6 Å². The van der Waals surface area contributed by atoms with Gasteiger partial charge in [0.1, 0.15) is 0 Å². The second-order valence-electron chi connectivity index (χ2n) is 5.27. The Morgan fingerprint density at radius 1 is 0.885 bits per heavy atom. The quantitative estimate of drug-likeness (QED) is 0.522. The number of non-ortho nitro benzene ring substituents is 1. The molecule has 0 aliphatic rings. The fraction of sp³-hybridized carbons (Fsp3) is 0. The third-order valence-corrected chi connectivity index (χ3v) is 4.31. The van der Waals surface area contributed by atoms with Gasteiger partial charge in [0.25, 0.3) is 17.5 Å². The Morgan fingerprint density at radius 3 is 2.27 bits per heavy atom. The van der Waals surface area contributed by atoms with Crippen LogP contribution in [0.3, 0.4) is 0 Å². The Bertz CT molecular complexity index is 970. The molecule has 7 nitrogen and oxygen atoms in total. The molecule has 1 heterocycles. The minimum absolute atomic E-state index is 0.111. The summed E-state index contributed by atoms with van der Waals surface area (Å²) in [5, 5.41) is 17.9. The van der Waals surface area contributed by atoms with Gasteiger partial charge in [-0.2, -0.15) is 0 Å². The van der Waals surface area contributed by atoms with Crippen LogP contribution in [0, 0.1) is 10.1 Å². The number of nitrogens with zero attached hydrogens (tertiary/aromatic N) is 1. The molecule has 130 valence electrons. The summed E-state index contributed by atoms with van der Waals surface area (Å²) in [6, 6.07) is 15.6. The third kappa shape index (κ3) is 4.11. The molecule has 2 N–H and O–H groups in total. The van der Waals surface area contributed by atoms with Gasteiger partial charge in [0.2, 0.25) is 0 Å². The van der Waals surface area contributed by atoms with Crippen molar-refractivity contribution in [2.24, 2.45) is 0 Å².